The van der Waals surface area contributed by atoms with Crippen molar-refractivity contribution in [3.05, 3.63) is 66.5 Å². The Morgan fingerprint density at radius 3 is 2.30 bits per heavy atom. The van der Waals surface area contributed by atoms with Crippen molar-refractivity contribution in [2.45, 2.75) is 19.3 Å². The van der Waals surface area contributed by atoms with Crippen molar-refractivity contribution in [1.82, 2.24) is 19.6 Å². The molecule has 1 fully saturated rings. The Hall–Kier alpha value is -4.25. The highest BCUT2D eigenvalue weighted by atomic mass is 16.4. The van der Waals surface area contributed by atoms with E-state index >= 15 is 0 Å². The van der Waals surface area contributed by atoms with Crippen molar-refractivity contribution in [3.63, 3.8) is 0 Å². The maximum absolute atomic E-state index is 10.8. The van der Waals surface area contributed by atoms with E-state index in [1.807, 2.05) is 48.5 Å². The van der Waals surface area contributed by atoms with Gasteiger partial charge in [0.2, 0.25) is 0 Å². The van der Waals surface area contributed by atoms with Gasteiger partial charge in [0.05, 0.1) is 5.69 Å². The lowest BCUT2D eigenvalue weighted by molar-refractivity contribution is 0.209. The third kappa shape index (κ3) is 4.42. The summed E-state index contributed by atoms with van der Waals surface area (Å²) in [6.45, 7) is 0. The number of aromatic nitrogens is 4. The normalized spacial score (nSPS) is 11.8. The quantitative estimate of drug-likeness (QED) is 0.521. The second-order valence-electron chi connectivity index (χ2n) is 6.73. The third-order valence-corrected chi connectivity index (χ3v) is 4.32. The van der Waals surface area contributed by atoms with E-state index in [9.17, 15) is 4.79 Å². The minimum Gasteiger partial charge on any atom is -0.465 e. The molecule has 1 amide bonds. The number of nitriles is 1. The fourth-order valence-corrected chi connectivity index (χ4v) is 2.74. The number of anilines is 1. The maximum Gasteiger partial charge on any atom is 0.411 e. The van der Waals surface area contributed by atoms with Crippen LogP contribution in [-0.2, 0) is 0 Å². The van der Waals surface area contributed by atoms with E-state index in [4.69, 9.17) is 10.4 Å². The van der Waals surface area contributed by atoms with Gasteiger partial charge in [-0.3, -0.25) is 5.32 Å². The van der Waals surface area contributed by atoms with E-state index in [1.165, 1.54) is 19.3 Å². The van der Waals surface area contributed by atoms with Crippen LogP contribution < -0.4 is 5.32 Å². The number of amides is 1. The second-order valence-corrected chi connectivity index (χ2v) is 6.73. The summed E-state index contributed by atoms with van der Waals surface area (Å²) < 4.78 is 1.59. The molecule has 8 heteroatoms. The zero-order valence-electron chi connectivity index (χ0n) is 16.0. The van der Waals surface area contributed by atoms with Crippen LogP contribution in [0.25, 0.3) is 28.0 Å². The van der Waals surface area contributed by atoms with Crippen molar-refractivity contribution in [2.24, 2.45) is 0 Å². The van der Waals surface area contributed by atoms with Crippen molar-refractivity contribution in [1.29, 1.82) is 5.26 Å². The van der Waals surface area contributed by atoms with E-state index in [1.54, 1.807) is 22.8 Å². The van der Waals surface area contributed by atoms with E-state index in [0.717, 1.165) is 22.4 Å². The van der Waals surface area contributed by atoms with Crippen LogP contribution in [-0.4, -0.2) is 30.8 Å². The number of rotatable bonds is 3. The summed E-state index contributed by atoms with van der Waals surface area (Å²) in [5.74, 6) is 0.0234. The summed E-state index contributed by atoms with van der Waals surface area (Å²) in [6.07, 6.45) is 4.95. The second kappa shape index (κ2) is 8.41. The van der Waals surface area contributed by atoms with Crippen LogP contribution in [0.15, 0.2) is 60.8 Å². The molecule has 2 N–H and O–H groups in total. The monoisotopic (exact) mass is 398 g/mol. The van der Waals surface area contributed by atoms with Gasteiger partial charge in [0.25, 0.3) is 5.95 Å². The number of nitrogens with zero attached hydrogens (tertiary/aromatic N) is 5. The average molecular weight is 398 g/mol. The van der Waals surface area contributed by atoms with Gasteiger partial charge in [-0.2, -0.15) is 10.2 Å². The molecular weight excluding hydrogens is 380 g/mol. The highest BCUT2D eigenvalue weighted by Gasteiger charge is 2.10. The van der Waals surface area contributed by atoms with Crippen LogP contribution in [0.1, 0.15) is 25.0 Å². The van der Waals surface area contributed by atoms with Gasteiger partial charge in [-0.25, -0.2) is 14.3 Å². The molecule has 3 heterocycles. The van der Waals surface area contributed by atoms with Crippen molar-refractivity contribution in [3.8, 4) is 28.5 Å². The largest absolute Gasteiger partial charge is 0.465 e. The zero-order valence-corrected chi connectivity index (χ0v) is 16.0. The summed E-state index contributed by atoms with van der Waals surface area (Å²) >= 11 is 0. The Morgan fingerprint density at radius 1 is 1.00 bits per heavy atom. The van der Waals surface area contributed by atoms with Gasteiger partial charge in [-0.15, -0.1) is 5.10 Å². The number of nitrogens with one attached hydrogen (secondary N) is 1. The molecule has 1 aliphatic carbocycles. The highest BCUT2D eigenvalue weighted by Crippen LogP contribution is 2.25. The number of hydrogen-bond donors (Lipinski definition) is 2. The topological polar surface area (TPSA) is 116 Å². The zero-order chi connectivity index (χ0) is 20.9. The number of pyridine rings is 2. The Kier molecular flexibility index (Phi) is 5.35. The Morgan fingerprint density at radius 2 is 1.70 bits per heavy atom. The van der Waals surface area contributed by atoms with Crippen molar-refractivity contribution in [2.75, 3.05) is 5.32 Å². The average Bonchev–Trinajstić information content (AvgIpc) is 3.60. The Bertz CT molecular complexity index is 1220. The summed E-state index contributed by atoms with van der Waals surface area (Å²) in [5, 5.41) is 24.0. The Balaban J connectivity index is 0.000000667. The SMILES string of the molecule is C1CC1.N#Cc1ccc(-c2ccc(-c3cccc4nc(NC(=O)O)nn34)cc2)cn1. The van der Waals surface area contributed by atoms with Crippen LogP contribution in [0.2, 0.25) is 0 Å². The standard InChI is InChI=1S/C19H12N6O2.C3H6/c20-10-15-9-8-14(11-21-15)12-4-6-13(7-5-12)16-2-1-3-17-22-18(23-19(26)27)24-25(16)17;1-2-3-1/h1-9,11H,(H,23,24)(H,26,27);1-3H2. The molecule has 3 aromatic heterocycles. The summed E-state index contributed by atoms with van der Waals surface area (Å²) in [4.78, 5) is 19.0. The minimum absolute atomic E-state index is 0.0234. The molecule has 1 aromatic carbocycles. The van der Waals surface area contributed by atoms with Gasteiger partial charge in [0.1, 0.15) is 11.8 Å². The van der Waals surface area contributed by atoms with E-state index < -0.39 is 6.09 Å². The van der Waals surface area contributed by atoms with Crippen LogP contribution >= 0.6 is 0 Å². The maximum atomic E-state index is 10.8. The molecule has 5 rings (SSSR count). The first-order valence-electron chi connectivity index (χ1n) is 9.47. The predicted molar refractivity (Wildman–Crippen MR) is 112 cm³/mol. The van der Waals surface area contributed by atoms with Gasteiger partial charge in [-0.05, 0) is 29.8 Å². The molecule has 8 nitrogen and oxygen atoms in total. The third-order valence-electron chi connectivity index (χ3n) is 4.32. The fraction of sp³-hybridized carbons (Fsp3) is 0.136. The lowest BCUT2D eigenvalue weighted by atomic mass is 10.0. The molecule has 0 aliphatic heterocycles. The number of benzene rings is 1. The molecule has 0 unspecified atom stereocenters. The van der Waals surface area contributed by atoms with Gasteiger partial charge in [-0.1, -0.05) is 49.6 Å². The van der Waals surface area contributed by atoms with E-state index in [0.29, 0.717) is 11.3 Å². The van der Waals surface area contributed by atoms with Crippen LogP contribution in [0.5, 0.6) is 0 Å². The number of hydrogen-bond acceptors (Lipinski definition) is 5. The number of carbonyl (C=O) groups is 1. The van der Waals surface area contributed by atoms with Crippen molar-refractivity contribution >= 4 is 17.7 Å². The number of fused-ring (bicyclic) bond motifs is 1. The number of carboxylic acid groups (broad SMARTS) is 1. The minimum atomic E-state index is -1.21. The van der Waals surface area contributed by atoms with E-state index in [2.05, 4.69) is 20.4 Å². The van der Waals surface area contributed by atoms with E-state index in [-0.39, 0.29) is 5.95 Å². The molecule has 0 saturated heterocycles. The molecule has 1 saturated carbocycles. The predicted octanol–water partition coefficient (Wildman–Crippen LogP) is 4.59. The van der Waals surface area contributed by atoms with Crippen molar-refractivity contribution < 1.29 is 9.90 Å². The first-order valence-corrected chi connectivity index (χ1v) is 9.47. The molecule has 0 radical (unpaired) electrons. The lowest BCUT2D eigenvalue weighted by Crippen LogP contribution is -2.08. The molecule has 30 heavy (non-hydrogen) atoms. The molecular formula is C22H18N6O2. The first kappa shape index (κ1) is 19.1. The summed E-state index contributed by atoms with van der Waals surface area (Å²) in [5.41, 5.74) is 4.47. The summed E-state index contributed by atoms with van der Waals surface area (Å²) in [7, 11) is 0. The van der Waals surface area contributed by atoms with Crippen LogP contribution in [0, 0.1) is 11.3 Å². The van der Waals surface area contributed by atoms with Gasteiger partial charge < -0.3 is 5.11 Å². The van der Waals surface area contributed by atoms with Gasteiger partial charge in [0.15, 0.2) is 5.65 Å². The molecule has 1 aliphatic rings. The fourth-order valence-electron chi connectivity index (χ4n) is 2.74. The van der Waals surface area contributed by atoms with Gasteiger partial charge in [0, 0.05) is 17.3 Å². The highest BCUT2D eigenvalue weighted by molar-refractivity contribution is 5.80. The summed E-state index contributed by atoms with van der Waals surface area (Å²) in [6, 6.07) is 18.8. The lowest BCUT2D eigenvalue weighted by Gasteiger charge is -2.06. The smallest absolute Gasteiger partial charge is 0.411 e. The van der Waals surface area contributed by atoms with Crippen LogP contribution in [0.4, 0.5) is 10.7 Å². The molecule has 4 aromatic rings. The molecule has 0 spiro atoms. The Labute approximate surface area is 172 Å². The molecule has 0 bridgehead atoms. The molecule has 0 atom stereocenters. The molecule has 148 valence electrons. The first-order chi connectivity index (χ1) is 14.6. The van der Waals surface area contributed by atoms with Crippen LogP contribution in [0.3, 0.4) is 0 Å². The van der Waals surface area contributed by atoms with Gasteiger partial charge >= 0.3 is 6.09 Å².